The normalized spacial score (nSPS) is 13.6. The first-order valence-corrected chi connectivity index (χ1v) is 16.7. The third kappa shape index (κ3) is 7.67. The highest BCUT2D eigenvalue weighted by atomic mass is 79.9. The largest absolute Gasteiger partial charge is 0.509 e. The SMILES string of the molecule is O=C(OC(c1ccccc1)C(c1ccccc1)c1ccc(Br)cc1)OC(c1ccccc1)C(c1ccccc1)c1ccc(Br)cc1. The highest BCUT2D eigenvalue weighted by molar-refractivity contribution is 9.10. The zero-order chi connectivity index (χ0) is 31.7. The fraction of sp³-hybridized carbons (Fsp3) is 0.0976. The summed E-state index contributed by atoms with van der Waals surface area (Å²) in [4.78, 5) is 14.2. The summed E-state index contributed by atoms with van der Waals surface area (Å²) in [5.74, 6) is -0.563. The second-order valence-electron chi connectivity index (χ2n) is 11.0. The van der Waals surface area contributed by atoms with E-state index in [-0.39, 0.29) is 11.8 Å². The lowest BCUT2D eigenvalue weighted by Crippen LogP contribution is -2.24. The highest BCUT2D eigenvalue weighted by Crippen LogP contribution is 2.43. The molecule has 0 saturated carbocycles. The topological polar surface area (TPSA) is 35.5 Å². The highest BCUT2D eigenvalue weighted by Gasteiger charge is 2.34. The van der Waals surface area contributed by atoms with Gasteiger partial charge in [0.1, 0.15) is 12.2 Å². The van der Waals surface area contributed by atoms with E-state index in [0.29, 0.717) is 0 Å². The first-order valence-electron chi connectivity index (χ1n) is 15.1. The van der Waals surface area contributed by atoms with E-state index in [1.807, 2.05) is 121 Å². The van der Waals surface area contributed by atoms with Crippen molar-refractivity contribution in [2.45, 2.75) is 24.0 Å². The summed E-state index contributed by atoms with van der Waals surface area (Å²) in [7, 11) is 0. The van der Waals surface area contributed by atoms with Crippen LogP contribution in [0.4, 0.5) is 4.79 Å². The lowest BCUT2D eigenvalue weighted by molar-refractivity contribution is -0.0116. The minimum absolute atomic E-state index is 0.282. The number of benzene rings is 6. The molecule has 0 fully saturated rings. The van der Waals surface area contributed by atoms with Crippen molar-refractivity contribution in [2.24, 2.45) is 0 Å². The Kier molecular flexibility index (Phi) is 10.4. The van der Waals surface area contributed by atoms with Crippen LogP contribution in [0.25, 0.3) is 0 Å². The van der Waals surface area contributed by atoms with Crippen LogP contribution in [0.2, 0.25) is 0 Å². The fourth-order valence-electron chi connectivity index (χ4n) is 5.92. The van der Waals surface area contributed by atoms with E-state index in [0.717, 1.165) is 42.3 Å². The molecule has 0 heterocycles. The summed E-state index contributed by atoms with van der Waals surface area (Å²) in [5.41, 5.74) is 5.85. The van der Waals surface area contributed by atoms with E-state index >= 15 is 0 Å². The third-order valence-corrected chi connectivity index (χ3v) is 9.14. The van der Waals surface area contributed by atoms with Gasteiger partial charge in [0.15, 0.2) is 0 Å². The lowest BCUT2D eigenvalue weighted by atomic mass is 9.83. The van der Waals surface area contributed by atoms with E-state index in [1.54, 1.807) is 0 Å². The number of ether oxygens (including phenoxy) is 2. The van der Waals surface area contributed by atoms with E-state index < -0.39 is 18.4 Å². The van der Waals surface area contributed by atoms with Crippen LogP contribution in [0.15, 0.2) is 179 Å². The predicted molar refractivity (Wildman–Crippen MR) is 191 cm³/mol. The van der Waals surface area contributed by atoms with Gasteiger partial charge in [-0.25, -0.2) is 4.79 Å². The summed E-state index contributed by atoms with van der Waals surface area (Å²) in [6.07, 6.45) is -2.05. The first kappa shape index (κ1) is 31.5. The van der Waals surface area contributed by atoms with Crippen LogP contribution in [0.1, 0.15) is 57.4 Å². The predicted octanol–water partition coefficient (Wildman–Crippen LogP) is 11.8. The molecular weight excluding hydrogens is 700 g/mol. The van der Waals surface area contributed by atoms with Gasteiger partial charge in [-0.05, 0) is 57.6 Å². The standard InChI is InChI=1S/C41H32Br2O3/c42-35-25-21-31(22-26-35)37(29-13-5-1-6-14-29)39(33-17-9-3-10-18-33)45-41(44)46-40(34-19-11-4-12-20-34)38(30-15-7-2-8-16-30)32-23-27-36(43)28-24-32/h1-28,37-40H. The Labute approximate surface area is 287 Å². The molecule has 3 nitrogen and oxygen atoms in total. The molecule has 0 radical (unpaired) electrons. The molecule has 0 aliphatic carbocycles. The maximum absolute atomic E-state index is 14.2. The minimum atomic E-state index is -0.737. The lowest BCUT2D eigenvalue weighted by Gasteiger charge is -2.31. The Morgan fingerprint density at radius 2 is 0.630 bits per heavy atom. The average molecular weight is 733 g/mol. The molecule has 0 spiro atoms. The van der Waals surface area contributed by atoms with Crippen LogP contribution in [0.3, 0.4) is 0 Å². The van der Waals surface area contributed by atoms with Gasteiger partial charge >= 0.3 is 6.16 Å². The Balaban J connectivity index is 1.41. The Bertz CT molecular complexity index is 1680. The van der Waals surface area contributed by atoms with Crippen LogP contribution >= 0.6 is 31.9 Å². The van der Waals surface area contributed by atoms with Crippen LogP contribution in [-0.2, 0) is 9.47 Å². The molecule has 6 aromatic carbocycles. The smallest absolute Gasteiger partial charge is 0.425 e. The van der Waals surface area contributed by atoms with E-state index in [2.05, 4.69) is 80.4 Å². The molecule has 4 atom stereocenters. The molecule has 0 aliphatic heterocycles. The van der Waals surface area contributed by atoms with Gasteiger partial charge in [0.05, 0.1) is 11.8 Å². The molecule has 0 N–H and O–H groups in total. The Morgan fingerprint density at radius 1 is 0.370 bits per heavy atom. The number of rotatable bonds is 10. The van der Waals surface area contributed by atoms with E-state index in [1.165, 1.54) is 0 Å². The van der Waals surface area contributed by atoms with Crippen molar-refractivity contribution < 1.29 is 14.3 Å². The molecule has 0 aliphatic rings. The molecule has 0 amide bonds. The maximum Gasteiger partial charge on any atom is 0.509 e. The van der Waals surface area contributed by atoms with Gasteiger partial charge in [-0.15, -0.1) is 0 Å². The van der Waals surface area contributed by atoms with E-state index in [9.17, 15) is 4.79 Å². The van der Waals surface area contributed by atoms with Gasteiger partial charge in [0.2, 0.25) is 0 Å². The molecule has 4 unspecified atom stereocenters. The summed E-state index contributed by atoms with van der Waals surface area (Å²) in [6.45, 7) is 0. The molecule has 46 heavy (non-hydrogen) atoms. The molecule has 0 aromatic heterocycles. The molecule has 228 valence electrons. The summed E-state index contributed by atoms with van der Waals surface area (Å²) >= 11 is 7.14. The van der Waals surface area contributed by atoms with Gasteiger partial charge in [0, 0.05) is 8.95 Å². The molecule has 0 bridgehead atoms. The van der Waals surface area contributed by atoms with Crippen molar-refractivity contribution in [3.05, 3.63) is 212 Å². The van der Waals surface area contributed by atoms with Crippen molar-refractivity contribution in [1.29, 1.82) is 0 Å². The third-order valence-electron chi connectivity index (χ3n) is 8.08. The number of carbonyl (C=O) groups is 1. The minimum Gasteiger partial charge on any atom is -0.425 e. The number of hydrogen-bond donors (Lipinski definition) is 0. The quantitative estimate of drug-likeness (QED) is 0.132. The fourth-order valence-corrected chi connectivity index (χ4v) is 6.45. The van der Waals surface area contributed by atoms with Crippen LogP contribution in [0, 0.1) is 0 Å². The molecule has 5 heteroatoms. The van der Waals surface area contributed by atoms with E-state index in [4.69, 9.17) is 9.47 Å². The zero-order valence-electron chi connectivity index (χ0n) is 25.0. The summed E-state index contributed by atoms with van der Waals surface area (Å²) < 4.78 is 14.9. The second-order valence-corrected chi connectivity index (χ2v) is 12.9. The number of carbonyl (C=O) groups excluding carboxylic acids is 1. The van der Waals surface area contributed by atoms with Crippen LogP contribution in [-0.4, -0.2) is 6.16 Å². The number of halogens is 2. The van der Waals surface area contributed by atoms with Crippen LogP contribution < -0.4 is 0 Å². The van der Waals surface area contributed by atoms with Crippen molar-refractivity contribution >= 4 is 38.0 Å². The first-order chi connectivity index (χ1) is 22.6. The summed E-state index contributed by atoms with van der Waals surface area (Å²) in [5, 5.41) is 0. The maximum atomic E-state index is 14.2. The van der Waals surface area contributed by atoms with Crippen LogP contribution in [0.5, 0.6) is 0 Å². The molecular formula is C41H32Br2O3. The van der Waals surface area contributed by atoms with Gasteiger partial charge in [-0.3, -0.25) is 0 Å². The average Bonchev–Trinajstić information content (AvgIpc) is 3.11. The van der Waals surface area contributed by atoms with Crippen molar-refractivity contribution in [3.63, 3.8) is 0 Å². The van der Waals surface area contributed by atoms with Crippen molar-refractivity contribution in [2.75, 3.05) is 0 Å². The Hall–Kier alpha value is -4.45. The van der Waals surface area contributed by atoms with Gasteiger partial charge in [-0.1, -0.05) is 177 Å². The zero-order valence-corrected chi connectivity index (χ0v) is 28.1. The van der Waals surface area contributed by atoms with Gasteiger partial charge < -0.3 is 9.47 Å². The Morgan fingerprint density at radius 3 is 0.935 bits per heavy atom. The second kappa shape index (κ2) is 15.2. The van der Waals surface area contributed by atoms with Gasteiger partial charge in [-0.2, -0.15) is 0 Å². The van der Waals surface area contributed by atoms with Gasteiger partial charge in [0.25, 0.3) is 0 Å². The molecule has 0 saturated heterocycles. The number of hydrogen-bond acceptors (Lipinski definition) is 3. The summed E-state index contributed by atoms with van der Waals surface area (Å²) in [6, 6.07) is 56.4. The monoisotopic (exact) mass is 730 g/mol. The van der Waals surface area contributed by atoms with Crippen molar-refractivity contribution in [3.8, 4) is 0 Å². The molecule has 6 aromatic rings. The molecule has 6 rings (SSSR count). The van der Waals surface area contributed by atoms with Crippen molar-refractivity contribution in [1.82, 2.24) is 0 Å².